The number of hydrogen-bond acceptors (Lipinski definition) is 4. The Morgan fingerprint density at radius 3 is 2.78 bits per heavy atom. The molecule has 8 heteroatoms. The maximum Gasteiger partial charge on any atom is 0.325 e. The lowest BCUT2D eigenvalue weighted by atomic mass is 10.1. The molecule has 0 bridgehead atoms. The van der Waals surface area contributed by atoms with Gasteiger partial charge in [0.05, 0.1) is 6.20 Å². The molecule has 0 aliphatic rings. The van der Waals surface area contributed by atoms with Crippen molar-refractivity contribution >= 4 is 16.0 Å². The summed E-state index contributed by atoms with van der Waals surface area (Å²) in [4.78, 5) is 10.4. The molecule has 1 aromatic rings. The van der Waals surface area contributed by atoms with Gasteiger partial charge in [0.1, 0.15) is 11.4 Å². The first kappa shape index (κ1) is 14.7. The molecule has 7 nitrogen and oxygen atoms in total. The zero-order valence-electron chi connectivity index (χ0n) is 10.3. The molecule has 0 saturated heterocycles. The van der Waals surface area contributed by atoms with Gasteiger partial charge in [0.25, 0.3) is 0 Å². The van der Waals surface area contributed by atoms with Gasteiger partial charge in [-0.05, 0) is 12.3 Å². The number of carbonyl (C=O) groups is 1. The summed E-state index contributed by atoms with van der Waals surface area (Å²) in [6.45, 7) is 3.99. The third-order valence-electron chi connectivity index (χ3n) is 2.23. The molecule has 2 N–H and O–H groups in total. The Kier molecular flexibility index (Phi) is 4.85. The van der Waals surface area contributed by atoms with Gasteiger partial charge in [0, 0.05) is 12.7 Å². The number of hydrogen-bond donors (Lipinski definition) is 2. The Hall–Kier alpha value is -1.41. The highest BCUT2D eigenvalue weighted by atomic mass is 32.2. The van der Waals surface area contributed by atoms with E-state index in [2.05, 4.69) is 9.82 Å². The number of aromatic nitrogens is 2. The van der Waals surface area contributed by atoms with Crippen LogP contribution in [0.15, 0.2) is 17.3 Å². The van der Waals surface area contributed by atoms with E-state index in [-0.39, 0.29) is 11.4 Å². The van der Waals surface area contributed by atoms with Gasteiger partial charge in [-0.3, -0.25) is 9.48 Å². The van der Waals surface area contributed by atoms with E-state index in [0.29, 0.717) is 12.5 Å². The maximum atomic E-state index is 11.8. The summed E-state index contributed by atoms with van der Waals surface area (Å²) in [6.07, 6.45) is 3.08. The highest BCUT2D eigenvalue weighted by molar-refractivity contribution is 7.89. The highest BCUT2D eigenvalue weighted by Crippen LogP contribution is 2.07. The summed E-state index contributed by atoms with van der Waals surface area (Å²) in [6, 6.07) is 0. The van der Waals surface area contributed by atoms with Crippen LogP contribution in [-0.2, 0) is 21.4 Å². The number of carboxylic acid groups (broad SMARTS) is 1. The molecule has 0 spiro atoms. The van der Waals surface area contributed by atoms with Crippen molar-refractivity contribution < 1.29 is 18.3 Å². The number of nitrogens with zero attached hydrogens (tertiary/aromatic N) is 2. The molecule has 0 saturated carbocycles. The van der Waals surface area contributed by atoms with Crippen LogP contribution >= 0.6 is 0 Å². The zero-order valence-corrected chi connectivity index (χ0v) is 11.1. The molecule has 102 valence electrons. The lowest BCUT2D eigenvalue weighted by molar-refractivity contribution is -0.137. The highest BCUT2D eigenvalue weighted by Gasteiger charge is 2.16. The Balaban J connectivity index is 2.67. The van der Waals surface area contributed by atoms with Crippen molar-refractivity contribution in [1.82, 2.24) is 14.5 Å². The summed E-state index contributed by atoms with van der Waals surface area (Å²) >= 11 is 0. The van der Waals surface area contributed by atoms with Crippen LogP contribution in [0.25, 0.3) is 0 Å². The second kappa shape index (κ2) is 5.96. The maximum absolute atomic E-state index is 11.8. The smallest absolute Gasteiger partial charge is 0.325 e. The SMILES string of the molecule is CC(C)CCNS(=O)(=O)c1cnn(CC(=O)O)c1. The van der Waals surface area contributed by atoms with Gasteiger partial charge in [-0.15, -0.1) is 0 Å². The molecule has 0 aromatic carbocycles. The molecule has 0 atom stereocenters. The number of carboxylic acids is 1. The fourth-order valence-corrected chi connectivity index (χ4v) is 2.27. The second-order valence-electron chi connectivity index (χ2n) is 4.35. The van der Waals surface area contributed by atoms with E-state index in [0.717, 1.165) is 17.3 Å². The minimum absolute atomic E-state index is 0.0208. The van der Waals surface area contributed by atoms with Crippen LogP contribution in [-0.4, -0.2) is 35.8 Å². The fraction of sp³-hybridized carbons (Fsp3) is 0.600. The fourth-order valence-electron chi connectivity index (χ4n) is 1.27. The van der Waals surface area contributed by atoms with E-state index in [4.69, 9.17) is 5.11 Å². The van der Waals surface area contributed by atoms with Gasteiger partial charge in [-0.25, -0.2) is 13.1 Å². The largest absolute Gasteiger partial charge is 0.480 e. The van der Waals surface area contributed by atoms with Gasteiger partial charge in [-0.1, -0.05) is 13.8 Å². The third kappa shape index (κ3) is 4.46. The van der Waals surface area contributed by atoms with Crippen LogP contribution in [0.4, 0.5) is 0 Å². The van der Waals surface area contributed by atoms with Crippen LogP contribution in [0.3, 0.4) is 0 Å². The molecule has 1 rings (SSSR count). The molecule has 1 aromatic heterocycles. The molecule has 0 radical (unpaired) electrons. The molecule has 0 fully saturated rings. The normalized spacial score (nSPS) is 11.9. The second-order valence-corrected chi connectivity index (χ2v) is 6.11. The lowest BCUT2D eigenvalue weighted by Crippen LogP contribution is -2.25. The summed E-state index contributed by atoms with van der Waals surface area (Å²) in [5.41, 5.74) is 0. The van der Waals surface area contributed by atoms with Gasteiger partial charge < -0.3 is 5.11 Å². The summed E-state index contributed by atoms with van der Waals surface area (Å²) in [7, 11) is -3.60. The van der Waals surface area contributed by atoms with Crippen molar-refractivity contribution in [3.05, 3.63) is 12.4 Å². The number of rotatable bonds is 7. The van der Waals surface area contributed by atoms with E-state index in [9.17, 15) is 13.2 Å². The summed E-state index contributed by atoms with van der Waals surface area (Å²) in [5, 5.41) is 12.2. The van der Waals surface area contributed by atoms with Crippen LogP contribution in [0.1, 0.15) is 20.3 Å². The van der Waals surface area contributed by atoms with E-state index in [1.54, 1.807) is 0 Å². The quantitative estimate of drug-likeness (QED) is 0.745. The third-order valence-corrected chi connectivity index (χ3v) is 3.65. The van der Waals surface area contributed by atoms with Gasteiger partial charge >= 0.3 is 5.97 Å². The molecule has 18 heavy (non-hydrogen) atoms. The Labute approximate surface area is 106 Å². The standard InChI is InChI=1S/C10H17N3O4S/c1-8(2)3-4-12-18(16,17)9-5-11-13(6-9)7-10(14)15/h5-6,8,12H,3-4,7H2,1-2H3,(H,14,15). The number of aliphatic carboxylic acids is 1. The summed E-state index contributed by atoms with van der Waals surface area (Å²) in [5.74, 6) is -0.669. The van der Waals surface area contributed by atoms with Crippen LogP contribution < -0.4 is 4.72 Å². The molecule has 0 aliphatic carbocycles. The Bertz CT molecular complexity index is 507. The molecule has 1 heterocycles. The first-order chi connectivity index (χ1) is 8.31. The first-order valence-corrected chi connectivity index (χ1v) is 7.03. The average molecular weight is 275 g/mol. The predicted molar refractivity (Wildman–Crippen MR) is 64.5 cm³/mol. The molecule has 0 amide bonds. The topological polar surface area (TPSA) is 101 Å². The molecular weight excluding hydrogens is 258 g/mol. The Morgan fingerprint density at radius 1 is 1.56 bits per heavy atom. The van der Waals surface area contributed by atoms with E-state index < -0.39 is 16.0 Å². The van der Waals surface area contributed by atoms with Crippen molar-refractivity contribution in [2.75, 3.05) is 6.54 Å². The molecule has 0 aliphatic heterocycles. The average Bonchev–Trinajstić information content (AvgIpc) is 2.64. The van der Waals surface area contributed by atoms with Crippen LogP contribution in [0.2, 0.25) is 0 Å². The molecule has 0 unspecified atom stereocenters. The van der Waals surface area contributed by atoms with E-state index in [1.807, 2.05) is 13.8 Å². The van der Waals surface area contributed by atoms with Crippen molar-refractivity contribution in [3.63, 3.8) is 0 Å². The van der Waals surface area contributed by atoms with Crippen molar-refractivity contribution in [1.29, 1.82) is 0 Å². The number of sulfonamides is 1. The van der Waals surface area contributed by atoms with Gasteiger partial charge in [0.15, 0.2) is 0 Å². The van der Waals surface area contributed by atoms with Crippen LogP contribution in [0.5, 0.6) is 0 Å². The minimum atomic E-state index is -3.60. The lowest BCUT2D eigenvalue weighted by Gasteiger charge is -2.06. The summed E-state index contributed by atoms with van der Waals surface area (Å²) < 4.78 is 27.1. The van der Waals surface area contributed by atoms with Crippen LogP contribution in [0, 0.1) is 5.92 Å². The van der Waals surface area contributed by atoms with Crippen molar-refractivity contribution in [2.45, 2.75) is 31.7 Å². The van der Waals surface area contributed by atoms with Gasteiger partial charge in [0.2, 0.25) is 10.0 Å². The predicted octanol–water partition coefficient (Wildman–Crippen LogP) is 0.292. The monoisotopic (exact) mass is 275 g/mol. The van der Waals surface area contributed by atoms with Crippen molar-refractivity contribution in [3.8, 4) is 0 Å². The first-order valence-electron chi connectivity index (χ1n) is 5.55. The number of nitrogens with one attached hydrogen (secondary N) is 1. The minimum Gasteiger partial charge on any atom is -0.480 e. The van der Waals surface area contributed by atoms with E-state index >= 15 is 0 Å². The molecular formula is C10H17N3O4S. The zero-order chi connectivity index (χ0) is 13.8. The Morgan fingerprint density at radius 2 is 2.22 bits per heavy atom. The van der Waals surface area contributed by atoms with Crippen molar-refractivity contribution in [2.24, 2.45) is 5.92 Å². The van der Waals surface area contributed by atoms with Gasteiger partial charge in [-0.2, -0.15) is 5.10 Å². The van der Waals surface area contributed by atoms with E-state index in [1.165, 1.54) is 6.20 Å².